The molecule has 0 atom stereocenters. The second kappa shape index (κ2) is 8.86. The van der Waals surface area contributed by atoms with Crippen LogP contribution < -0.4 is 0 Å². The van der Waals surface area contributed by atoms with E-state index in [2.05, 4.69) is 59.2 Å². The average Bonchev–Trinajstić information content (AvgIpc) is 3.30. The third-order valence-corrected chi connectivity index (χ3v) is 6.71. The Hall–Kier alpha value is -5.63. The van der Waals surface area contributed by atoms with Crippen molar-refractivity contribution in [1.82, 2.24) is 4.57 Å². The largest absolute Gasteiger partial charge is 0.309 e. The summed E-state index contributed by atoms with van der Waals surface area (Å²) in [4.78, 5) is 0. The summed E-state index contributed by atoms with van der Waals surface area (Å²) < 4.78 is 2.22. The van der Waals surface area contributed by atoms with Gasteiger partial charge in [-0.25, -0.2) is 0 Å². The van der Waals surface area contributed by atoms with E-state index in [9.17, 15) is 5.26 Å². The lowest BCUT2D eigenvalue weighted by Crippen LogP contribution is -1.94. The zero-order chi connectivity index (χ0) is 25.4. The van der Waals surface area contributed by atoms with Crippen LogP contribution in [0.2, 0.25) is 0 Å². The number of fused-ring (bicyclic) bond motifs is 3. The molecule has 0 aliphatic rings. The van der Waals surface area contributed by atoms with Crippen molar-refractivity contribution in [3.8, 4) is 46.1 Å². The Kier molecular flexibility index (Phi) is 5.24. The van der Waals surface area contributed by atoms with Crippen LogP contribution in [0.4, 0.5) is 0 Å². The van der Waals surface area contributed by atoms with Crippen LogP contribution in [0.5, 0.6) is 0 Å². The molecule has 0 unspecified atom stereocenters. The first kappa shape index (κ1) is 21.9. The number of nitriles is 3. The van der Waals surface area contributed by atoms with Crippen molar-refractivity contribution in [2.24, 2.45) is 0 Å². The molecule has 0 amide bonds. The van der Waals surface area contributed by atoms with Crippen LogP contribution in [0, 0.1) is 34.0 Å². The van der Waals surface area contributed by atoms with Gasteiger partial charge in [0.25, 0.3) is 0 Å². The van der Waals surface area contributed by atoms with Crippen molar-refractivity contribution in [3.05, 3.63) is 126 Å². The van der Waals surface area contributed by atoms with Crippen LogP contribution in [-0.2, 0) is 0 Å². The minimum atomic E-state index is 0.621. The normalized spacial score (nSPS) is 10.6. The first-order valence-electron chi connectivity index (χ1n) is 11.8. The highest BCUT2D eigenvalue weighted by molar-refractivity contribution is 6.11. The van der Waals surface area contributed by atoms with E-state index in [1.807, 2.05) is 72.8 Å². The van der Waals surface area contributed by atoms with Gasteiger partial charge in [0.15, 0.2) is 0 Å². The monoisotopic (exact) mass is 470 g/mol. The number of rotatable bonds is 3. The SMILES string of the molecule is N#Cc1ccc(-c2ccc3c(c2)c2cc(-c4ccc(C#N)cc4)ccc2n3-c2ccc(C#N)cc2)cc1. The molecule has 6 rings (SSSR count). The zero-order valence-corrected chi connectivity index (χ0v) is 19.7. The van der Waals surface area contributed by atoms with Crippen LogP contribution in [0.3, 0.4) is 0 Å². The summed E-state index contributed by atoms with van der Waals surface area (Å²) in [5.74, 6) is 0. The van der Waals surface area contributed by atoms with Gasteiger partial charge in [0, 0.05) is 16.5 Å². The highest BCUT2D eigenvalue weighted by Gasteiger charge is 2.15. The van der Waals surface area contributed by atoms with E-state index >= 15 is 0 Å². The van der Waals surface area contributed by atoms with Crippen molar-refractivity contribution < 1.29 is 0 Å². The van der Waals surface area contributed by atoms with Gasteiger partial charge < -0.3 is 4.57 Å². The molecule has 4 heteroatoms. The molecular weight excluding hydrogens is 452 g/mol. The molecule has 0 fully saturated rings. The van der Waals surface area contributed by atoms with Gasteiger partial charge in [-0.05, 0) is 95.1 Å². The van der Waals surface area contributed by atoms with Crippen LogP contribution in [0.15, 0.2) is 109 Å². The third kappa shape index (κ3) is 3.78. The molecule has 0 spiro atoms. The lowest BCUT2D eigenvalue weighted by Gasteiger charge is -2.09. The van der Waals surface area contributed by atoms with Crippen LogP contribution in [0.1, 0.15) is 16.7 Å². The molecule has 0 bridgehead atoms. The standard InChI is InChI=1S/C33H18N4/c34-19-22-1-7-25(8-2-22)27-11-15-32-30(17-27)31-18-28(26-9-3-23(20-35)4-10-26)12-16-33(31)37(32)29-13-5-24(21-36)6-14-29/h1-18H. The van der Waals surface area contributed by atoms with E-state index in [0.29, 0.717) is 16.7 Å². The number of hydrogen-bond acceptors (Lipinski definition) is 3. The summed E-state index contributed by atoms with van der Waals surface area (Å²) >= 11 is 0. The minimum absolute atomic E-state index is 0.621. The molecule has 4 nitrogen and oxygen atoms in total. The van der Waals surface area contributed by atoms with Gasteiger partial charge in [0.1, 0.15) is 0 Å². The summed E-state index contributed by atoms with van der Waals surface area (Å²) in [6.45, 7) is 0. The van der Waals surface area contributed by atoms with Crippen LogP contribution in [0.25, 0.3) is 49.7 Å². The quantitative estimate of drug-likeness (QED) is 0.265. The van der Waals surface area contributed by atoms with Crippen LogP contribution in [-0.4, -0.2) is 4.57 Å². The summed E-state index contributed by atoms with van der Waals surface area (Å²) in [7, 11) is 0. The predicted molar refractivity (Wildman–Crippen MR) is 146 cm³/mol. The molecule has 0 radical (unpaired) electrons. The Bertz CT molecular complexity index is 1810. The van der Waals surface area contributed by atoms with E-state index < -0.39 is 0 Å². The maximum absolute atomic E-state index is 9.25. The molecule has 5 aromatic carbocycles. The zero-order valence-electron chi connectivity index (χ0n) is 19.7. The van der Waals surface area contributed by atoms with E-state index in [1.54, 1.807) is 0 Å². The number of hydrogen-bond donors (Lipinski definition) is 0. The molecule has 0 saturated carbocycles. The molecule has 170 valence electrons. The van der Waals surface area contributed by atoms with E-state index in [1.165, 1.54) is 0 Å². The molecule has 0 saturated heterocycles. The molecule has 0 aliphatic carbocycles. The molecular formula is C33H18N4. The Balaban J connectivity index is 1.60. The van der Waals surface area contributed by atoms with Crippen molar-refractivity contribution in [3.63, 3.8) is 0 Å². The second-order valence-electron chi connectivity index (χ2n) is 8.84. The van der Waals surface area contributed by atoms with Gasteiger partial charge >= 0.3 is 0 Å². The third-order valence-electron chi connectivity index (χ3n) is 6.71. The number of benzene rings is 5. The lowest BCUT2D eigenvalue weighted by molar-refractivity contribution is 1.18. The number of aromatic nitrogens is 1. The van der Waals surface area contributed by atoms with E-state index in [-0.39, 0.29) is 0 Å². The predicted octanol–water partition coefficient (Wildman–Crippen LogP) is 7.73. The Morgan fingerprint density at radius 2 is 0.757 bits per heavy atom. The highest BCUT2D eigenvalue weighted by Crippen LogP contribution is 2.37. The highest BCUT2D eigenvalue weighted by atomic mass is 15.0. The summed E-state index contributed by atoms with van der Waals surface area (Å²) in [5, 5.41) is 29.8. The van der Waals surface area contributed by atoms with Gasteiger partial charge in [0.2, 0.25) is 0 Å². The van der Waals surface area contributed by atoms with Gasteiger partial charge in [-0.1, -0.05) is 36.4 Å². The topological polar surface area (TPSA) is 76.3 Å². The average molecular weight is 471 g/mol. The Morgan fingerprint density at radius 3 is 1.14 bits per heavy atom. The summed E-state index contributed by atoms with van der Waals surface area (Å²) in [5.41, 5.74) is 9.23. The molecule has 1 heterocycles. The van der Waals surface area contributed by atoms with Crippen molar-refractivity contribution >= 4 is 21.8 Å². The second-order valence-corrected chi connectivity index (χ2v) is 8.84. The van der Waals surface area contributed by atoms with Crippen molar-refractivity contribution in [2.75, 3.05) is 0 Å². The maximum Gasteiger partial charge on any atom is 0.0991 e. The van der Waals surface area contributed by atoms with Gasteiger partial charge in [-0.15, -0.1) is 0 Å². The van der Waals surface area contributed by atoms with E-state index in [0.717, 1.165) is 49.7 Å². The molecule has 0 N–H and O–H groups in total. The van der Waals surface area contributed by atoms with Crippen molar-refractivity contribution in [1.29, 1.82) is 15.8 Å². The lowest BCUT2D eigenvalue weighted by atomic mass is 9.99. The van der Waals surface area contributed by atoms with Crippen molar-refractivity contribution in [2.45, 2.75) is 0 Å². The van der Waals surface area contributed by atoms with E-state index in [4.69, 9.17) is 10.5 Å². The fraction of sp³-hybridized carbons (Fsp3) is 0. The number of nitrogens with zero attached hydrogens (tertiary/aromatic N) is 4. The summed E-state index contributed by atoms with van der Waals surface area (Å²) in [6, 6.07) is 42.3. The Labute approximate surface area is 214 Å². The Morgan fingerprint density at radius 1 is 0.405 bits per heavy atom. The molecule has 37 heavy (non-hydrogen) atoms. The summed E-state index contributed by atoms with van der Waals surface area (Å²) in [6.07, 6.45) is 0. The first-order chi connectivity index (χ1) is 18.2. The van der Waals surface area contributed by atoms with Gasteiger partial charge in [-0.3, -0.25) is 0 Å². The van der Waals surface area contributed by atoms with Crippen LogP contribution >= 0.6 is 0 Å². The minimum Gasteiger partial charge on any atom is -0.309 e. The molecule has 0 aliphatic heterocycles. The fourth-order valence-electron chi connectivity index (χ4n) is 4.82. The smallest absolute Gasteiger partial charge is 0.0991 e. The van der Waals surface area contributed by atoms with Gasteiger partial charge in [-0.2, -0.15) is 15.8 Å². The van der Waals surface area contributed by atoms with Gasteiger partial charge in [0.05, 0.1) is 45.9 Å². The molecule has 1 aromatic heterocycles. The first-order valence-corrected chi connectivity index (χ1v) is 11.8. The molecule has 6 aromatic rings. The maximum atomic E-state index is 9.25. The fourth-order valence-corrected chi connectivity index (χ4v) is 4.82.